The second-order valence-corrected chi connectivity index (χ2v) is 4.83. The number of primary amides is 1. The van der Waals surface area contributed by atoms with E-state index in [2.05, 4.69) is 5.32 Å². The number of nitrogens with two attached hydrogens (primary N) is 1. The van der Waals surface area contributed by atoms with Crippen LogP contribution in [0, 0.1) is 0 Å². The first-order valence-corrected chi connectivity index (χ1v) is 6.43. The largest absolute Gasteiger partial charge is 0.491 e. The molecule has 19 heavy (non-hydrogen) atoms. The minimum absolute atomic E-state index is 0.0670. The summed E-state index contributed by atoms with van der Waals surface area (Å²) in [6.07, 6.45) is -0.420. The normalized spacial score (nSPS) is 13.8. The molecule has 1 amide bonds. The first-order chi connectivity index (χ1) is 8.97. The smallest absolute Gasteiger partial charge is 0.218 e. The van der Waals surface area contributed by atoms with Gasteiger partial charge in [-0.25, -0.2) is 0 Å². The number of ether oxygens (including phenoxy) is 1. The third-order valence-corrected chi connectivity index (χ3v) is 2.72. The fraction of sp³-hybridized carbons (Fsp3) is 0.462. The zero-order valence-electron chi connectivity index (χ0n) is 10.8. The third kappa shape index (κ3) is 7.00. The van der Waals surface area contributed by atoms with E-state index in [4.69, 9.17) is 22.1 Å². The third-order valence-electron chi connectivity index (χ3n) is 2.47. The molecule has 0 aliphatic heterocycles. The van der Waals surface area contributed by atoms with Gasteiger partial charge in [-0.3, -0.25) is 4.79 Å². The summed E-state index contributed by atoms with van der Waals surface area (Å²) in [5, 5.41) is 13.4. The molecular formula is C13H19ClN2O3. The van der Waals surface area contributed by atoms with Gasteiger partial charge < -0.3 is 20.9 Å². The number of halogens is 1. The average Bonchev–Trinajstić information content (AvgIpc) is 2.35. The summed E-state index contributed by atoms with van der Waals surface area (Å²) >= 11 is 5.75. The minimum Gasteiger partial charge on any atom is -0.491 e. The van der Waals surface area contributed by atoms with Gasteiger partial charge in [-0.15, -0.1) is 0 Å². The van der Waals surface area contributed by atoms with Crippen molar-refractivity contribution in [1.82, 2.24) is 5.32 Å². The van der Waals surface area contributed by atoms with E-state index < -0.39 is 6.10 Å². The van der Waals surface area contributed by atoms with E-state index in [1.807, 2.05) is 6.92 Å². The van der Waals surface area contributed by atoms with Gasteiger partial charge in [0.15, 0.2) is 0 Å². The molecule has 0 bridgehead atoms. The number of aliphatic hydroxyl groups is 1. The summed E-state index contributed by atoms with van der Waals surface area (Å²) in [4.78, 5) is 10.7. The maximum Gasteiger partial charge on any atom is 0.218 e. The predicted octanol–water partition coefficient (Wildman–Crippen LogP) is 0.933. The van der Waals surface area contributed by atoms with Crippen LogP contribution in [0.15, 0.2) is 24.3 Å². The highest BCUT2D eigenvalue weighted by Gasteiger charge is 2.09. The van der Waals surface area contributed by atoms with Crippen LogP contribution in [-0.4, -0.2) is 36.3 Å². The van der Waals surface area contributed by atoms with Crippen molar-refractivity contribution in [3.63, 3.8) is 0 Å². The number of hydrogen-bond acceptors (Lipinski definition) is 4. The van der Waals surface area contributed by atoms with Crippen molar-refractivity contribution in [2.75, 3.05) is 13.2 Å². The van der Waals surface area contributed by atoms with Crippen molar-refractivity contribution in [2.45, 2.75) is 25.5 Å². The van der Waals surface area contributed by atoms with E-state index in [1.54, 1.807) is 24.3 Å². The fourth-order valence-corrected chi connectivity index (χ4v) is 1.62. The lowest BCUT2D eigenvalue weighted by atomic mass is 10.2. The van der Waals surface area contributed by atoms with E-state index in [9.17, 15) is 9.90 Å². The van der Waals surface area contributed by atoms with E-state index in [-0.39, 0.29) is 25.0 Å². The van der Waals surface area contributed by atoms with Crippen molar-refractivity contribution >= 4 is 17.5 Å². The van der Waals surface area contributed by atoms with Gasteiger partial charge in [0, 0.05) is 24.0 Å². The highest BCUT2D eigenvalue weighted by molar-refractivity contribution is 6.30. The SMILES string of the molecule is CC(CC(N)=O)NCC(O)COc1ccc(Cl)cc1. The molecule has 6 heteroatoms. The molecule has 1 rings (SSSR count). The second-order valence-electron chi connectivity index (χ2n) is 4.40. The Balaban J connectivity index is 2.22. The summed E-state index contributed by atoms with van der Waals surface area (Å²) in [6, 6.07) is 6.84. The molecule has 0 aliphatic rings. The molecule has 0 fully saturated rings. The Kier molecular flexibility index (Phi) is 6.62. The number of aliphatic hydroxyl groups excluding tert-OH is 1. The van der Waals surface area contributed by atoms with Gasteiger partial charge in [0.25, 0.3) is 0 Å². The molecule has 4 N–H and O–H groups in total. The number of rotatable bonds is 8. The Morgan fingerprint density at radius 3 is 2.68 bits per heavy atom. The van der Waals surface area contributed by atoms with Gasteiger partial charge in [0.1, 0.15) is 18.5 Å². The van der Waals surface area contributed by atoms with Crippen molar-refractivity contribution < 1.29 is 14.6 Å². The zero-order valence-corrected chi connectivity index (χ0v) is 11.6. The van der Waals surface area contributed by atoms with Crippen molar-refractivity contribution in [2.24, 2.45) is 5.73 Å². The molecule has 1 aromatic carbocycles. The summed E-state index contributed by atoms with van der Waals surface area (Å²) < 4.78 is 5.40. The number of carbonyl (C=O) groups excluding carboxylic acids is 1. The number of carbonyl (C=O) groups is 1. The number of hydrogen-bond donors (Lipinski definition) is 3. The summed E-state index contributed by atoms with van der Waals surface area (Å²) in [5.74, 6) is 0.278. The molecule has 1 aromatic rings. The van der Waals surface area contributed by atoms with Crippen LogP contribution in [0.3, 0.4) is 0 Å². The maximum atomic E-state index is 10.7. The lowest BCUT2D eigenvalue weighted by Crippen LogP contribution is -2.38. The average molecular weight is 287 g/mol. The Morgan fingerprint density at radius 2 is 2.11 bits per heavy atom. The van der Waals surface area contributed by atoms with Crippen LogP contribution < -0.4 is 15.8 Å². The van der Waals surface area contributed by atoms with Crippen LogP contribution in [0.5, 0.6) is 5.75 Å². The molecule has 0 aromatic heterocycles. The Labute approximate surface area is 117 Å². The molecule has 106 valence electrons. The van der Waals surface area contributed by atoms with Gasteiger partial charge in [-0.1, -0.05) is 11.6 Å². The monoisotopic (exact) mass is 286 g/mol. The van der Waals surface area contributed by atoms with Crippen LogP contribution in [0.1, 0.15) is 13.3 Å². The van der Waals surface area contributed by atoms with Crippen molar-refractivity contribution in [3.05, 3.63) is 29.3 Å². The molecule has 0 aliphatic carbocycles. The topological polar surface area (TPSA) is 84.6 Å². The molecule has 2 atom stereocenters. The number of amides is 1. The highest BCUT2D eigenvalue weighted by Crippen LogP contribution is 2.15. The molecule has 5 nitrogen and oxygen atoms in total. The summed E-state index contributed by atoms with van der Waals surface area (Å²) in [5.41, 5.74) is 5.07. The van der Waals surface area contributed by atoms with E-state index >= 15 is 0 Å². The minimum atomic E-state index is -0.661. The van der Waals surface area contributed by atoms with Crippen molar-refractivity contribution in [3.8, 4) is 5.75 Å². The molecule has 0 saturated heterocycles. The standard InChI is InChI=1S/C13H19ClN2O3/c1-9(6-13(15)18)16-7-11(17)8-19-12-4-2-10(14)3-5-12/h2-5,9,11,16-17H,6-8H2,1H3,(H2,15,18). The van der Waals surface area contributed by atoms with Crippen LogP contribution in [-0.2, 0) is 4.79 Å². The van der Waals surface area contributed by atoms with E-state index in [0.717, 1.165) is 0 Å². The van der Waals surface area contributed by atoms with Gasteiger partial charge in [-0.05, 0) is 31.2 Å². The molecule has 0 saturated carbocycles. The zero-order chi connectivity index (χ0) is 14.3. The van der Waals surface area contributed by atoms with Crippen LogP contribution in [0.4, 0.5) is 0 Å². The first-order valence-electron chi connectivity index (χ1n) is 6.05. The van der Waals surface area contributed by atoms with Gasteiger partial charge in [-0.2, -0.15) is 0 Å². The van der Waals surface area contributed by atoms with Gasteiger partial charge in [0.05, 0.1) is 0 Å². The predicted molar refractivity (Wildman–Crippen MR) is 74.2 cm³/mol. The summed E-state index contributed by atoms with van der Waals surface area (Å²) in [7, 11) is 0. The highest BCUT2D eigenvalue weighted by atomic mass is 35.5. The van der Waals surface area contributed by atoms with Crippen molar-refractivity contribution in [1.29, 1.82) is 0 Å². The second kappa shape index (κ2) is 7.99. The molecular weight excluding hydrogens is 268 g/mol. The Hall–Kier alpha value is -1.30. The number of nitrogens with one attached hydrogen (secondary N) is 1. The fourth-order valence-electron chi connectivity index (χ4n) is 1.49. The molecule has 0 heterocycles. The van der Waals surface area contributed by atoms with Gasteiger partial charge >= 0.3 is 0 Å². The van der Waals surface area contributed by atoms with Crippen LogP contribution in [0.25, 0.3) is 0 Å². The van der Waals surface area contributed by atoms with E-state index in [1.165, 1.54) is 0 Å². The van der Waals surface area contributed by atoms with E-state index in [0.29, 0.717) is 17.3 Å². The van der Waals surface area contributed by atoms with Gasteiger partial charge in [0.2, 0.25) is 5.91 Å². The number of benzene rings is 1. The maximum absolute atomic E-state index is 10.7. The van der Waals surface area contributed by atoms with Crippen LogP contribution >= 0.6 is 11.6 Å². The lowest BCUT2D eigenvalue weighted by molar-refractivity contribution is -0.118. The lowest BCUT2D eigenvalue weighted by Gasteiger charge is -2.16. The summed E-state index contributed by atoms with van der Waals surface area (Å²) in [6.45, 7) is 2.33. The Bertz CT molecular complexity index is 397. The quantitative estimate of drug-likeness (QED) is 0.664. The Morgan fingerprint density at radius 1 is 1.47 bits per heavy atom. The molecule has 0 radical (unpaired) electrons. The molecule has 2 unspecified atom stereocenters. The first kappa shape index (κ1) is 15.8. The molecule has 0 spiro atoms. The van der Waals surface area contributed by atoms with Crippen LogP contribution in [0.2, 0.25) is 5.02 Å².